The number of rotatable bonds is 5. The Bertz CT molecular complexity index is 1210. The summed E-state index contributed by atoms with van der Waals surface area (Å²) in [6.45, 7) is 4.51. The van der Waals surface area contributed by atoms with Gasteiger partial charge in [0.15, 0.2) is 5.82 Å². The average Bonchev–Trinajstić information content (AvgIpc) is 3.35. The van der Waals surface area contributed by atoms with Crippen molar-refractivity contribution in [2.45, 2.75) is 33.2 Å². The van der Waals surface area contributed by atoms with E-state index in [4.69, 9.17) is 16.1 Å². The first-order valence-electron chi connectivity index (χ1n) is 9.06. The lowest BCUT2D eigenvalue weighted by molar-refractivity contribution is 0.417. The smallest absolute Gasteiger partial charge is 0.276 e. The summed E-state index contributed by atoms with van der Waals surface area (Å²) in [4.78, 5) is 4.55. The van der Waals surface area contributed by atoms with Crippen LogP contribution in [0.15, 0.2) is 28.8 Å². The van der Waals surface area contributed by atoms with Crippen LogP contribution in [0.2, 0.25) is 5.02 Å². The van der Waals surface area contributed by atoms with Crippen molar-refractivity contribution in [1.29, 1.82) is 5.26 Å². The van der Waals surface area contributed by atoms with Gasteiger partial charge in [0.25, 0.3) is 5.89 Å². The van der Waals surface area contributed by atoms with E-state index in [-0.39, 0.29) is 0 Å². The van der Waals surface area contributed by atoms with Crippen LogP contribution in [0.25, 0.3) is 22.5 Å². The molecule has 0 spiro atoms. The van der Waals surface area contributed by atoms with Gasteiger partial charge in [0, 0.05) is 18.1 Å². The third-order valence-corrected chi connectivity index (χ3v) is 5.13. The van der Waals surface area contributed by atoms with Gasteiger partial charge >= 0.3 is 0 Å². The maximum atomic E-state index is 9.25. The molecule has 0 amide bonds. The molecule has 7 nitrogen and oxygen atoms in total. The molecule has 0 radical (unpaired) electrons. The van der Waals surface area contributed by atoms with Crippen molar-refractivity contribution in [2.75, 3.05) is 0 Å². The Balaban J connectivity index is 1.75. The molecule has 0 bridgehead atoms. The Kier molecular flexibility index (Phi) is 4.65. The highest BCUT2D eigenvalue weighted by molar-refractivity contribution is 6.36. The Morgan fingerprint density at radius 1 is 1.29 bits per heavy atom. The Morgan fingerprint density at radius 2 is 2.11 bits per heavy atom. The zero-order chi connectivity index (χ0) is 19.8. The van der Waals surface area contributed by atoms with Crippen LogP contribution in [-0.2, 0) is 20.0 Å². The zero-order valence-electron chi connectivity index (χ0n) is 15.9. The Hall–Kier alpha value is -3.11. The van der Waals surface area contributed by atoms with Crippen LogP contribution < -0.4 is 0 Å². The number of benzene rings is 1. The monoisotopic (exact) mass is 394 g/mol. The number of hydrogen-bond acceptors (Lipinski definition) is 5. The molecule has 0 aliphatic rings. The van der Waals surface area contributed by atoms with Crippen LogP contribution in [0.1, 0.15) is 36.1 Å². The molecule has 1 aromatic carbocycles. The largest absolute Gasteiger partial charge is 0.337 e. The minimum absolute atomic E-state index is 0.441. The molecule has 4 rings (SSSR count). The second-order valence-corrected chi connectivity index (χ2v) is 7.13. The molecular formula is C20H19ClN6O. The van der Waals surface area contributed by atoms with Crippen molar-refractivity contribution < 1.29 is 4.52 Å². The Labute approximate surface area is 167 Å². The molecule has 0 saturated heterocycles. The molecule has 0 saturated carbocycles. The lowest BCUT2D eigenvalue weighted by Crippen LogP contribution is -2.05. The van der Waals surface area contributed by atoms with Crippen LogP contribution in [0.4, 0.5) is 0 Å². The number of nitriles is 1. The van der Waals surface area contributed by atoms with Gasteiger partial charge in [0.2, 0.25) is 0 Å². The summed E-state index contributed by atoms with van der Waals surface area (Å²) in [6.07, 6.45) is 1.88. The molecule has 8 heteroatoms. The number of aromatic nitrogens is 5. The summed E-state index contributed by atoms with van der Waals surface area (Å²) in [5.41, 5.74) is 4.22. The van der Waals surface area contributed by atoms with Gasteiger partial charge in [0.1, 0.15) is 11.8 Å². The van der Waals surface area contributed by atoms with E-state index in [9.17, 15) is 5.26 Å². The fraction of sp³-hybridized carbons (Fsp3) is 0.300. The SMILES string of the molecule is CCCc1cc2c(Cl)c(C#N)ccc2n1Cc1noc(-c2cc(C)nn2C)n1. The fourth-order valence-electron chi connectivity index (χ4n) is 3.47. The molecule has 0 unspecified atom stereocenters. The van der Waals surface area contributed by atoms with Gasteiger partial charge in [-0.05, 0) is 37.6 Å². The summed E-state index contributed by atoms with van der Waals surface area (Å²) >= 11 is 6.44. The second-order valence-electron chi connectivity index (χ2n) is 6.75. The standard InChI is InChI=1S/C20H19ClN6O/c1-4-5-14-9-15-16(7-6-13(10-22)19(15)21)27(14)11-18-23-20(28-25-18)17-8-12(2)24-26(17)3/h6-9H,4-5,11H2,1-3H3. The van der Waals surface area contributed by atoms with Gasteiger partial charge in [-0.3, -0.25) is 4.68 Å². The van der Waals surface area contributed by atoms with Gasteiger partial charge in [-0.25, -0.2) is 0 Å². The summed E-state index contributed by atoms with van der Waals surface area (Å²) < 4.78 is 9.32. The molecule has 3 aromatic heterocycles. The van der Waals surface area contributed by atoms with Crippen molar-refractivity contribution in [1.82, 2.24) is 24.5 Å². The molecule has 3 heterocycles. The number of fused-ring (bicyclic) bond motifs is 1. The number of nitrogens with zero attached hydrogens (tertiary/aromatic N) is 6. The van der Waals surface area contributed by atoms with Gasteiger partial charge in [0.05, 0.1) is 28.3 Å². The summed E-state index contributed by atoms with van der Waals surface area (Å²) in [7, 11) is 1.85. The van der Waals surface area contributed by atoms with Gasteiger partial charge in [-0.1, -0.05) is 30.1 Å². The second kappa shape index (κ2) is 7.13. The lowest BCUT2D eigenvalue weighted by Gasteiger charge is -2.08. The van der Waals surface area contributed by atoms with Crippen LogP contribution in [0, 0.1) is 18.3 Å². The van der Waals surface area contributed by atoms with E-state index in [0.29, 0.717) is 28.8 Å². The van der Waals surface area contributed by atoms with E-state index in [2.05, 4.69) is 32.8 Å². The summed E-state index contributed by atoms with van der Waals surface area (Å²) in [5, 5.41) is 19.1. The third-order valence-electron chi connectivity index (χ3n) is 4.72. The third kappa shape index (κ3) is 3.06. The van der Waals surface area contributed by atoms with E-state index >= 15 is 0 Å². The molecule has 4 aromatic rings. The summed E-state index contributed by atoms with van der Waals surface area (Å²) in [5.74, 6) is 1.01. The predicted molar refractivity (Wildman–Crippen MR) is 106 cm³/mol. The maximum absolute atomic E-state index is 9.25. The Morgan fingerprint density at radius 3 is 2.79 bits per heavy atom. The van der Waals surface area contributed by atoms with Crippen LogP contribution >= 0.6 is 11.6 Å². The minimum Gasteiger partial charge on any atom is -0.337 e. The first-order chi connectivity index (χ1) is 13.5. The van der Waals surface area contributed by atoms with Gasteiger partial charge in [-0.2, -0.15) is 15.3 Å². The predicted octanol–water partition coefficient (Wildman–Crippen LogP) is 4.26. The highest BCUT2D eigenvalue weighted by Crippen LogP contribution is 2.31. The molecule has 0 N–H and O–H groups in total. The fourth-order valence-corrected chi connectivity index (χ4v) is 3.72. The van der Waals surface area contributed by atoms with E-state index in [1.807, 2.05) is 32.2 Å². The molecule has 0 aliphatic carbocycles. The van der Waals surface area contributed by atoms with E-state index in [1.54, 1.807) is 10.7 Å². The first-order valence-corrected chi connectivity index (χ1v) is 9.44. The minimum atomic E-state index is 0.441. The zero-order valence-corrected chi connectivity index (χ0v) is 16.7. The van der Waals surface area contributed by atoms with Crippen LogP contribution in [-0.4, -0.2) is 24.5 Å². The highest BCUT2D eigenvalue weighted by Gasteiger charge is 2.18. The normalized spacial score (nSPS) is 11.2. The van der Waals surface area contributed by atoms with Crippen LogP contribution in [0.5, 0.6) is 0 Å². The van der Waals surface area contributed by atoms with Gasteiger partial charge < -0.3 is 9.09 Å². The van der Waals surface area contributed by atoms with Crippen molar-refractivity contribution in [3.63, 3.8) is 0 Å². The van der Waals surface area contributed by atoms with Crippen molar-refractivity contribution in [3.8, 4) is 17.7 Å². The number of halogens is 1. The number of aryl methyl sites for hydroxylation is 3. The van der Waals surface area contributed by atoms with Gasteiger partial charge in [-0.15, -0.1) is 0 Å². The molecule has 0 aliphatic heterocycles. The lowest BCUT2D eigenvalue weighted by atomic mass is 10.1. The topological polar surface area (TPSA) is 85.5 Å². The molecule has 28 heavy (non-hydrogen) atoms. The highest BCUT2D eigenvalue weighted by atomic mass is 35.5. The quantitative estimate of drug-likeness (QED) is 0.504. The first kappa shape index (κ1) is 18.3. The average molecular weight is 395 g/mol. The van der Waals surface area contributed by atoms with Crippen molar-refractivity contribution >= 4 is 22.5 Å². The molecule has 0 fully saturated rings. The van der Waals surface area contributed by atoms with E-state index in [1.165, 1.54) is 0 Å². The molecule has 142 valence electrons. The maximum Gasteiger partial charge on any atom is 0.276 e. The van der Waals surface area contributed by atoms with E-state index in [0.717, 1.165) is 40.8 Å². The summed E-state index contributed by atoms with van der Waals surface area (Å²) in [6, 6.07) is 9.77. The molecular weight excluding hydrogens is 376 g/mol. The van der Waals surface area contributed by atoms with Crippen molar-refractivity contribution in [3.05, 3.63) is 52.1 Å². The van der Waals surface area contributed by atoms with E-state index < -0.39 is 0 Å². The molecule has 0 atom stereocenters. The van der Waals surface area contributed by atoms with Crippen molar-refractivity contribution in [2.24, 2.45) is 7.05 Å². The number of hydrogen-bond donors (Lipinski definition) is 0. The van der Waals surface area contributed by atoms with Crippen LogP contribution in [0.3, 0.4) is 0 Å².